The molecule has 0 aliphatic carbocycles. The molecule has 0 bridgehead atoms. The summed E-state index contributed by atoms with van der Waals surface area (Å²) in [6.45, 7) is 4.03. The number of anilines is 1. The molecule has 0 saturated heterocycles. The van der Waals surface area contributed by atoms with Crippen LogP contribution in [0.15, 0.2) is 138 Å². The number of hydrogen-bond donors (Lipinski definition) is 1. The zero-order valence-electron chi connectivity index (χ0n) is 21.4. The van der Waals surface area contributed by atoms with Gasteiger partial charge in [0.1, 0.15) is 28.9 Å². The van der Waals surface area contributed by atoms with Gasteiger partial charge in [0.15, 0.2) is 0 Å². The molecular weight excluding hydrogens is 473 g/mol. The normalized spacial score (nSPS) is 11.9. The minimum absolute atomic E-state index is 0.0676. The molecule has 37 heavy (non-hydrogen) atoms. The summed E-state index contributed by atoms with van der Waals surface area (Å²) in [6, 6.07) is 41.8. The van der Waals surface area contributed by atoms with Crippen LogP contribution in [0.1, 0.15) is 12.6 Å². The number of rotatable bonds is 7. The Labute approximate surface area is 218 Å². The minimum atomic E-state index is -2.18. The first-order chi connectivity index (χ1) is 18.0. The third-order valence-corrected chi connectivity index (χ3v) is 10.9. The van der Waals surface area contributed by atoms with Gasteiger partial charge < -0.3 is 5.32 Å². The lowest BCUT2D eigenvalue weighted by Gasteiger charge is -2.25. The first-order valence-corrected chi connectivity index (χ1v) is 14.2. The Hall–Kier alpha value is -4.14. The monoisotopic (exact) mass is 504 g/mol. The lowest BCUT2D eigenvalue weighted by molar-refractivity contribution is 0.630. The van der Waals surface area contributed by atoms with Gasteiger partial charge in [-0.1, -0.05) is 72.8 Å². The maximum absolute atomic E-state index is 13.6. The molecule has 4 nitrogen and oxygen atoms in total. The fraction of sp³-hybridized carbons (Fsp3) is 0.0938. The molecule has 1 heterocycles. The Morgan fingerprint density at radius 3 is 1.54 bits per heavy atom. The first-order valence-electron chi connectivity index (χ1n) is 12.4. The van der Waals surface area contributed by atoms with E-state index in [9.17, 15) is 4.79 Å². The summed E-state index contributed by atoms with van der Waals surface area (Å²) < 4.78 is 3.61. The van der Waals surface area contributed by atoms with Crippen LogP contribution in [-0.2, 0) is 7.05 Å². The van der Waals surface area contributed by atoms with Gasteiger partial charge in [-0.25, -0.2) is 4.68 Å². The maximum Gasteiger partial charge on any atom is 0.295 e. The van der Waals surface area contributed by atoms with Gasteiger partial charge >= 0.3 is 0 Å². The van der Waals surface area contributed by atoms with Crippen molar-refractivity contribution in [3.05, 3.63) is 149 Å². The lowest BCUT2D eigenvalue weighted by Crippen LogP contribution is -2.30. The van der Waals surface area contributed by atoms with E-state index in [2.05, 4.69) is 109 Å². The van der Waals surface area contributed by atoms with Crippen molar-refractivity contribution in [1.82, 2.24) is 9.36 Å². The lowest BCUT2D eigenvalue weighted by atomic mass is 10.3. The molecule has 0 atom stereocenters. The Balaban J connectivity index is 1.69. The van der Waals surface area contributed by atoms with Gasteiger partial charge in [0.05, 0.1) is 17.2 Å². The Morgan fingerprint density at radius 2 is 1.11 bits per heavy atom. The first kappa shape index (κ1) is 24.5. The fourth-order valence-corrected chi connectivity index (χ4v) is 8.81. The van der Waals surface area contributed by atoms with Crippen molar-refractivity contribution in [2.24, 2.45) is 7.05 Å². The average Bonchev–Trinajstić information content (AvgIpc) is 3.16. The average molecular weight is 505 g/mol. The van der Waals surface area contributed by atoms with Crippen molar-refractivity contribution in [3.8, 4) is 5.69 Å². The van der Waals surface area contributed by atoms with Gasteiger partial charge in [-0.3, -0.25) is 9.48 Å². The van der Waals surface area contributed by atoms with Crippen molar-refractivity contribution in [2.45, 2.75) is 13.8 Å². The Bertz CT molecular complexity index is 1480. The third-order valence-electron chi connectivity index (χ3n) is 6.75. The molecule has 0 fully saturated rings. The van der Waals surface area contributed by atoms with E-state index in [1.807, 2.05) is 49.0 Å². The second-order valence-corrected chi connectivity index (χ2v) is 12.4. The van der Waals surface area contributed by atoms with E-state index in [1.54, 1.807) is 4.68 Å². The molecule has 184 valence electrons. The maximum atomic E-state index is 13.6. The van der Waals surface area contributed by atoms with E-state index in [0.29, 0.717) is 5.69 Å². The highest BCUT2D eigenvalue weighted by atomic mass is 31.2. The van der Waals surface area contributed by atoms with Crippen LogP contribution >= 0.6 is 7.26 Å². The largest absolute Gasteiger partial charge is 0.350 e. The van der Waals surface area contributed by atoms with Crippen molar-refractivity contribution < 1.29 is 0 Å². The van der Waals surface area contributed by atoms with E-state index in [4.69, 9.17) is 0 Å². The number of hydrogen-bond acceptors (Lipinski definition) is 2. The zero-order valence-corrected chi connectivity index (χ0v) is 22.3. The van der Waals surface area contributed by atoms with Crippen LogP contribution in [0.4, 0.5) is 5.69 Å². The zero-order chi connectivity index (χ0) is 25.8. The molecule has 0 aliphatic rings. The minimum Gasteiger partial charge on any atom is -0.350 e. The smallest absolute Gasteiger partial charge is 0.295 e. The highest BCUT2D eigenvalue weighted by Crippen LogP contribution is 2.57. The van der Waals surface area contributed by atoms with Gasteiger partial charge in [-0.15, -0.1) is 0 Å². The topological polar surface area (TPSA) is 39.0 Å². The molecule has 0 unspecified atom stereocenters. The number of nitrogens with one attached hydrogen (secondary N) is 1. The van der Waals surface area contributed by atoms with Crippen LogP contribution < -0.4 is 26.8 Å². The number of allylic oxidation sites excluding steroid dienone is 1. The summed E-state index contributed by atoms with van der Waals surface area (Å²) >= 11 is 0. The summed E-state index contributed by atoms with van der Waals surface area (Å²) in [7, 11) is -0.260. The standard InChI is InChI=1S/C32H31N3OP/c1-25(33-31-26(2)34(3)35(32(31)36)27-16-8-4-9-17-27)24-37(28-18-10-5-11-19-28,29-20-12-6-13-21-29)30-22-14-7-15-23-30/h4-24,33H,1-3H3/q+1/b25-24+. The predicted molar refractivity (Wildman–Crippen MR) is 158 cm³/mol. The van der Waals surface area contributed by atoms with Gasteiger partial charge in [0.2, 0.25) is 0 Å². The van der Waals surface area contributed by atoms with Gasteiger partial charge in [-0.2, -0.15) is 0 Å². The highest BCUT2D eigenvalue weighted by molar-refractivity contribution is 7.98. The highest BCUT2D eigenvalue weighted by Gasteiger charge is 2.44. The number of aromatic nitrogens is 2. The molecule has 1 aromatic heterocycles. The molecular formula is C32H31N3OP+. The van der Waals surface area contributed by atoms with Crippen molar-refractivity contribution >= 4 is 28.9 Å². The van der Waals surface area contributed by atoms with E-state index < -0.39 is 7.26 Å². The SMILES string of the molecule is C/C(=C\[P+](c1ccccc1)(c1ccccc1)c1ccccc1)Nc1c(C)n(C)n(-c2ccccc2)c1=O. The number of nitrogens with zero attached hydrogens (tertiary/aromatic N) is 2. The van der Waals surface area contributed by atoms with Crippen LogP contribution in [0.25, 0.3) is 5.69 Å². The van der Waals surface area contributed by atoms with Gasteiger partial charge in [0.25, 0.3) is 5.56 Å². The quantitative estimate of drug-likeness (QED) is 0.287. The van der Waals surface area contributed by atoms with Gasteiger partial charge in [0, 0.05) is 12.7 Å². The molecule has 5 rings (SSSR count). The predicted octanol–water partition coefficient (Wildman–Crippen LogP) is 5.75. The van der Waals surface area contributed by atoms with Crippen molar-refractivity contribution in [3.63, 3.8) is 0 Å². The second kappa shape index (κ2) is 10.5. The molecule has 1 N–H and O–H groups in total. The third kappa shape index (κ3) is 4.57. The molecule has 0 aliphatic heterocycles. The van der Waals surface area contributed by atoms with Crippen LogP contribution in [0, 0.1) is 6.92 Å². The molecule has 0 saturated carbocycles. The Kier molecular flexibility index (Phi) is 6.94. The van der Waals surface area contributed by atoms with Crippen LogP contribution in [0.3, 0.4) is 0 Å². The molecule has 5 heteroatoms. The van der Waals surface area contributed by atoms with Gasteiger partial charge in [-0.05, 0) is 62.4 Å². The van der Waals surface area contributed by atoms with E-state index in [0.717, 1.165) is 17.1 Å². The summed E-state index contributed by atoms with van der Waals surface area (Å²) in [6.07, 6.45) is 0. The van der Waals surface area contributed by atoms with E-state index in [-0.39, 0.29) is 5.56 Å². The van der Waals surface area contributed by atoms with Crippen LogP contribution in [-0.4, -0.2) is 9.36 Å². The van der Waals surface area contributed by atoms with E-state index in [1.165, 1.54) is 15.9 Å². The Morgan fingerprint density at radius 1 is 0.703 bits per heavy atom. The van der Waals surface area contributed by atoms with Crippen LogP contribution in [0.5, 0.6) is 0 Å². The van der Waals surface area contributed by atoms with Crippen molar-refractivity contribution in [2.75, 3.05) is 5.32 Å². The fourth-order valence-electron chi connectivity index (χ4n) is 4.89. The summed E-state index contributed by atoms with van der Waals surface area (Å²) in [5.41, 5.74) is 3.18. The summed E-state index contributed by atoms with van der Waals surface area (Å²) in [5.74, 6) is 2.35. The second-order valence-electron chi connectivity index (χ2n) is 9.10. The summed E-state index contributed by atoms with van der Waals surface area (Å²) in [5, 5.41) is 7.30. The molecule has 5 aromatic rings. The molecule has 0 amide bonds. The molecule has 0 radical (unpaired) electrons. The van der Waals surface area contributed by atoms with Crippen LogP contribution in [0.2, 0.25) is 0 Å². The van der Waals surface area contributed by atoms with E-state index >= 15 is 0 Å². The molecule has 4 aromatic carbocycles. The number of benzene rings is 4. The van der Waals surface area contributed by atoms with Crippen molar-refractivity contribution in [1.29, 1.82) is 0 Å². The number of para-hydroxylation sites is 1. The summed E-state index contributed by atoms with van der Waals surface area (Å²) in [4.78, 5) is 13.6. The molecule has 0 spiro atoms.